The van der Waals surface area contributed by atoms with E-state index < -0.39 is 73.5 Å². The summed E-state index contributed by atoms with van der Waals surface area (Å²) >= 11 is 0. The molecule has 2 aromatic carbocycles. The molecule has 222 valence electrons. The number of ether oxygens (including phenoxy) is 5. The Morgan fingerprint density at radius 3 is 2.17 bits per heavy atom. The smallest absolute Gasteiger partial charge is 0.229 e. The second-order valence-corrected chi connectivity index (χ2v) is 10.0. The van der Waals surface area contributed by atoms with Crippen LogP contribution in [0.3, 0.4) is 0 Å². The SMILES string of the molecule is COc1c(O[C@@H]2O[C@H](CO[C@@H]3OC[C@H](O)[C@H](O)[C@H]3O)[C@@H](O)[C@H](O)[C@H]2O)ccc2c1C(=O)c1ccc(C)c(O)c1C2=O. The Labute approximate surface area is 232 Å². The number of ketones is 2. The van der Waals surface area contributed by atoms with Gasteiger partial charge in [-0.05, 0) is 30.7 Å². The predicted octanol–water partition coefficient (Wildman–Crippen LogP) is -1.87. The first kappa shape index (κ1) is 29.3. The monoisotopic (exact) mass is 578 g/mol. The number of fused-ring (bicyclic) bond motifs is 2. The fraction of sp³-hybridized carbons (Fsp3) is 0.481. The molecular weight excluding hydrogens is 548 g/mol. The standard InChI is InChI=1S/C27H30O14/c1-9-3-4-10-15(17(9)29)18(30)11-5-6-13(25(37-2)16(11)19(10)31)40-27-24(36)22(34)21(33)14(41-27)8-39-26-23(35)20(32)12(28)7-38-26/h3-6,12,14,20-24,26-29,32-36H,7-8H2,1-2H3/t12-,14+,20-,21+,22-,23+,24+,26-,27+/m0/s1. The quantitative estimate of drug-likeness (QED) is 0.170. The Morgan fingerprint density at radius 2 is 1.46 bits per heavy atom. The van der Waals surface area contributed by atoms with E-state index in [1.54, 1.807) is 6.92 Å². The Hall–Kier alpha value is -3.18. The minimum absolute atomic E-state index is 0.0319. The molecule has 0 saturated carbocycles. The summed E-state index contributed by atoms with van der Waals surface area (Å²) in [4.78, 5) is 26.7. The van der Waals surface area contributed by atoms with Crippen LogP contribution in [0.2, 0.25) is 0 Å². The van der Waals surface area contributed by atoms with Gasteiger partial charge in [-0.3, -0.25) is 9.59 Å². The molecule has 2 aliphatic heterocycles. The number of rotatable bonds is 6. The lowest BCUT2D eigenvalue weighted by atomic mass is 9.82. The van der Waals surface area contributed by atoms with Crippen LogP contribution in [0.1, 0.15) is 37.4 Å². The molecule has 2 aromatic rings. The summed E-state index contributed by atoms with van der Waals surface area (Å²) in [5.74, 6) is -1.82. The number of aliphatic hydroxyl groups is 6. The molecule has 7 N–H and O–H groups in total. The van der Waals surface area contributed by atoms with Crippen molar-refractivity contribution in [2.75, 3.05) is 20.3 Å². The summed E-state index contributed by atoms with van der Waals surface area (Å²) in [6.07, 6.45) is -14.1. The molecular formula is C27H30O14. The van der Waals surface area contributed by atoms with Gasteiger partial charge in [0.05, 0.1) is 31.5 Å². The third kappa shape index (κ3) is 4.97. The molecule has 0 bridgehead atoms. The van der Waals surface area contributed by atoms with Crippen molar-refractivity contribution in [1.29, 1.82) is 0 Å². The molecule has 0 aromatic heterocycles. The highest BCUT2D eigenvalue weighted by atomic mass is 16.7. The minimum atomic E-state index is -1.78. The largest absolute Gasteiger partial charge is 0.507 e. The summed E-state index contributed by atoms with van der Waals surface area (Å²) in [6, 6.07) is 5.50. The molecule has 14 nitrogen and oxygen atoms in total. The van der Waals surface area contributed by atoms with Crippen molar-refractivity contribution in [3.05, 3.63) is 52.1 Å². The van der Waals surface area contributed by atoms with Gasteiger partial charge >= 0.3 is 0 Å². The minimum Gasteiger partial charge on any atom is -0.507 e. The van der Waals surface area contributed by atoms with Gasteiger partial charge in [0.1, 0.15) is 48.5 Å². The number of benzene rings is 2. The average Bonchev–Trinajstić information content (AvgIpc) is 2.96. The number of aliphatic hydroxyl groups excluding tert-OH is 6. The third-order valence-electron chi connectivity index (χ3n) is 7.44. The average molecular weight is 579 g/mol. The Kier molecular flexibility index (Phi) is 8.04. The fourth-order valence-electron chi connectivity index (χ4n) is 5.05. The van der Waals surface area contributed by atoms with Crippen molar-refractivity contribution in [1.82, 2.24) is 0 Å². The molecule has 3 aliphatic rings. The van der Waals surface area contributed by atoms with Gasteiger partial charge in [-0.25, -0.2) is 0 Å². The summed E-state index contributed by atoms with van der Waals surface area (Å²) in [6.45, 7) is 0.772. The molecule has 0 amide bonds. The molecule has 2 fully saturated rings. The zero-order chi connectivity index (χ0) is 29.7. The summed E-state index contributed by atoms with van der Waals surface area (Å²) in [5.41, 5.74) is 0.0774. The van der Waals surface area contributed by atoms with Crippen LogP contribution in [0.15, 0.2) is 24.3 Å². The van der Waals surface area contributed by atoms with Crippen LogP contribution in [-0.4, -0.2) is 123 Å². The number of aryl methyl sites for hydroxylation is 1. The summed E-state index contributed by atoms with van der Waals surface area (Å²) in [7, 11) is 1.23. The zero-order valence-electron chi connectivity index (χ0n) is 21.9. The van der Waals surface area contributed by atoms with Crippen molar-refractivity contribution >= 4 is 11.6 Å². The Balaban J connectivity index is 1.38. The number of phenolic OH excluding ortho intramolecular Hbond substituents is 1. The van der Waals surface area contributed by atoms with Crippen LogP contribution in [0.4, 0.5) is 0 Å². The third-order valence-corrected chi connectivity index (χ3v) is 7.44. The summed E-state index contributed by atoms with van der Waals surface area (Å²) in [5, 5.41) is 71.4. The molecule has 0 unspecified atom stereocenters. The topological polar surface area (TPSA) is 222 Å². The number of phenols is 1. The van der Waals surface area contributed by atoms with E-state index in [9.17, 15) is 45.3 Å². The van der Waals surface area contributed by atoms with Gasteiger partial charge in [0.25, 0.3) is 0 Å². The normalized spacial score (nSPS) is 33.2. The van der Waals surface area contributed by atoms with Gasteiger partial charge in [-0.1, -0.05) is 6.07 Å². The molecule has 2 saturated heterocycles. The maximum Gasteiger partial charge on any atom is 0.229 e. The second-order valence-electron chi connectivity index (χ2n) is 10.0. The maximum absolute atomic E-state index is 13.4. The lowest BCUT2D eigenvalue weighted by Gasteiger charge is -2.41. The molecule has 1 aliphatic carbocycles. The maximum atomic E-state index is 13.4. The molecule has 5 rings (SSSR count). The number of carbonyl (C=O) groups is 2. The van der Waals surface area contributed by atoms with E-state index in [2.05, 4.69) is 0 Å². The second kappa shape index (κ2) is 11.2. The van der Waals surface area contributed by atoms with Crippen LogP contribution < -0.4 is 9.47 Å². The molecule has 9 atom stereocenters. The van der Waals surface area contributed by atoms with E-state index in [0.29, 0.717) is 5.56 Å². The number of hydrogen-bond acceptors (Lipinski definition) is 14. The van der Waals surface area contributed by atoms with Crippen molar-refractivity contribution in [2.45, 2.75) is 62.2 Å². The van der Waals surface area contributed by atoms with Crippen LogP contribution in [0, 0.1) is 6.92 Å². The van der Waals surface area contributed by atoms with Gasteiger partial charge in [0.2, 0.25) is 6.29 Å². The number of aromatic hydroxyl groups is 1. The first-order chi connectivity index (χ1) is 19.5. The molecule has 0 spiro atoms. The van der Waals surface area contributed by atoms with Crippen molar-refractivity contribution in [3.8, 4) is 17.2 Å². The Morgan fingerprint density at radius 1 is 0.829 bits per heavy atom. The first-order valence-electron chi connectivity index (χ1n) is 12.7. The lowest BCUT2D eigenvalue weighted by molar-refractivity contribution is -0.307. The number of carbonyl (C=O) groups excluding carboxylic acids is 2. The van der Waals surface area contributed by atoms with E-state index in [1.807, 2.05) is 0 Å². The van der Waals surface area contributed by atoms with Gasteiger partial charge in [0, 0.05) is 11.1 Å². The van der Waals surface area contributed by atoms with E-state index in [0.717, 1.165) is 0 Å². The van der Waals surface area contributed by atoms with E-state index >= 15 is 0 Å². The highest BCUT2D eigenvalue weighted by Crippen LogP contribution is 2.43. The van der Waals surface area contributed by atoms with Gasteiger partial charge in [0.15, 0.2) is 29.4 Å². The van der Waals surface area contributed by atoms with Crippen molar-refractivity contribution < 1.29 is 69.0 Å². The van der Waals surface area contributed by atoms with E-state index in [1.165, 1.54) is 31.4 Å². The van der Waals surface area contributed by atoms with Crippen LogP contribution in [0.5, 0.6) is 17.2 Å². The highest BCUT2D eigenvalue weighted by molar-refractivity contribution is 6.30. The molecule has 41 heavy (non-hydrogen) atoms. The number of hydrogen-bond donors (Lipinski definition) is 7. The molecule has 2 heterocycles. The molecule has 14 heteroatoms. The van der Waals surface area contributed by atoms with Gasteiger partial charge in [-0.15, -0.1) is 0 Å². The van der Waals surface area contributed by atoms with Crippen molar-refractivity contribution in [3.63, 3.8) is 0 Å². The number of methoxy groups -OCH3 is 1. The molecule has 0 radical (unpaired) electrons. The van der Waals surface area contributed by atoms with Crippen LogP contribution in [0.25, 0.3) is 0 Å². The predicted molar refractivity (Wildman–Crippen MR) is 134 cm³/mol. The Bertz CT molecular complexity index is 1340. The lowest BCUT2D eigenvalue weighted by Crippen LogP contribution is -2.61. The van der Waals surface area contributed by atoms with Crippen molar-refractivity contribution in [2.24, 2.45) is 0 Å². The fourth-order valence-corrected chi connectivity index (χ4v) is 5.05. The first-order valence-corrected chi connectivity index (χ1v) is 12.7. The zero-order valence-corrected chi connectivity index (χ0v) is 21.9. The van der Waals surface area contributed by atoms with E-state index in [-0.39, 0.29) is 46.1 Å². The van der Waals surface area contributed by atoms with Crippen LogP contribution >= 0.6 is 0 Å². The van der Waals surface area contributed by atoms with Crippen LogP contribution in [-0.2, 0) is 14.2 Å². The highest BCUT2D eigenvalue weighted by Gasteiger charge is 2.47. The van der Waals surface area contributed by atoms with Gasteiger partial charge < -0.3 is 59.4 Å². The summed E-state index contributed by atoms with van der Waals surface area (Å²) < 4.78 is 27.4. The van der Waals surface area contributed by atoms with E-state index in [4.69, 9.17) is 23.7 Å². The van der Waals surface area contributed by atoms with Gasteiger partial charge in [-0.2, -0.15) is 0 Å².